The van der Waals surface area contributed by atoms with Gasteiger partial charge in [0, 0.05) is 54.9 Å². The lowest BCUT2D eigenvalue weighted by Gasteiger charge is -2.26. The lowest BCUT2D eigenvalue weighted by Crippen LogP contribution is -2.29. The molecule has 0 heterocycles. The minimum Gasteiger partial charge on any atom is -0.497 e. The average Bonchev–Trinajstić information content (AvgIpc) is 0.802. The summed E-state index contributed by atoms with van der Waals surface area (Å²) in [6.07, 6.45) is 15.2. The highest BCUT2D eigenvalue weighted by atomic mass is 16.7. The second-order valence-corrected chi connectivity index (χ2v) is 25.0. The van der Waals surface area contributed by atoms with Gasteiger partial charge in [-0.1, -0.05) is 44.5 Å². The van der Waals surface area contributed by atoms with Gasteiger partial charge in [-0.05, 0) is 225 Å². The number of carbonyl (C=O) groups excluding carboxylic acids is 10. The van der Waals surface area contributed by atoms with Crippen LogP contribution in [0.4, 0.5) is 11.4 Å². The second kappa shape index (κ2) is 53.6. The van der Waals surface area contributed by atoms with Crippen LogP contribution in [-0.2, 0) is 66.8 Å². The number of esters is 8. The van der Waals surface area contributed by atoms with Crippen LogP contribution in [0.1, 0.15) is 124 Å². The number of ketones is 2. The molecule has 0 spiro atoms. The van der Waals surface area contributed by atoms with E-state index in [1.54, 1.807) is 94.8 Å². The van der Waals surface area contributed by atoms with Gasteiger partial charge < -0.3 is 76.5 Å². The molecule has 112 heavy (non-hydrogen) atoms. The van der Waals surface area contributed by atoms with E-state index in [9.17, 15) is 47.9 Å². The maximum absolute atomic E-state index is 13.0. The Morgan fingerprint density at radius 3 is 1.10 bits per heavy atom. The molecule has 0 unspecified atom stereocenters. The van der Waals surface area contributed by atoms with Gasteiger partial charge in [0.15, 0.2) is 5.75 Å². The number of anilines is 2. The molecule has 26 nitrogen and oxygen atoms in total. The monoisotopic (exact) mass is 1550 g/mol. The molecule has 6 aromatic carbocycles. The van der Waals surface area contributed by atoms with E-state index in [0.29, 0.717) is 124 Å². The highest BCUT2D eigenvalue weighted by Gasteiger charge is 2.32. The molecule has 0 radical (unpaired) electrons. The van der Waals surface area contributed by atoms with Crippen LogP contribution < -0.4 is 48.1 Å². The van der Waals surface area contributed by atoms with Crippen LogP contribution in [0.2, 0.25) is 0 Å². The van der Waals surface area contributed by atoms with Gasteiger partial charge in [0.25, 0.3) is 0 Å². The molecular formula is C86H104N2O24. The minimum atomic E-state index is -0.646. The first-order valence-corrected chi connectivity index (χ1v) is 36.5. The van der Waals surface area contributed by atoms with E-state index in [0.717, 1.165) is 85.4 Å². The number of nitrogens with one attached hydrogen (secondary N) is 1. The molecule has 0 amide bonds. The number of para-hydroxylation sites is 1. The fraction of sp³-hybridized carbons (Fsp3) is 0.372. The van der Waals surface area contributed by atoms with Crippen molar-refractivity contribution >= 4 is 70.7 Å². The van der Waals surface area contributed by atoms with Crippen molar-refractivity contribution in [2.24, 2.45) is 23.7 Å². The average molecular weight is 1550 g/mol. The topological polar surface area (TPSA) is 315 Å². The maximum Gasteiger partial charge on any atom is 0.341 e. The predicted molar refractivity (Wildman–Crippen MR) is 419 cm³/mol. The van der Waals surface area contributed by atoms with Crippen molar-refractivity contribution in [3.8, 4) is 46.0 Å². The molecular weight excluding hydrogens is 1440 g/mol. The number of methoxy groups -OCH3 is 4. The number of hydrogen-bond acceptors (Lipinski definition) is 26. The fourth-order valence-corrected chi connectivity index (χ4v) is 10.6. The number of nitrogens with zero attached hydrogens (tertiary/aromatic N) is 1. The number of unbranched alkanes of at least 4 members (excludes halogenated alkanes) is 4. The summed E-state index contributed by atoms with van der Waals surface area (Å²) in [5.74, 6) is 1.42. The first kappa shape index (κ1) is 92.2. The zero-order valence-electron chi connectivity index (χ0n) is 64.9. The fourth-order valence-electron chi connectivity index (χ4n) is 10.6. The highest BCUT2D eigenvalue weighted by molar-refractivity contribution is 5.90. The highest BCUT2D eigenvalue weighted by Crippen LogP contribution is 2.36. The van der Waals surface area contributed by atoms with E-state index < -0.39 is 37.5 Å². The Balaban J connectivity index is 0.000000314. The van der Waals surface area contributed by atoms with E-state index in [2.05, 4.69) is 41.1 Å². The smallest absolute Gasteiger partial charge is 0.341 e. The van der Waals surface area contributed by atoms with Crippen LogP contribution >= 0.6 is 0 Å². The van der Waals surface area contributed by atoms with Crippen molar-refractivity contribution < 1.29 is 114 Å². The largest absolute Gasteiger partial charge is 0.497 e. The molecule has 1 N–H and O–H groups in total. The van der Waals surface area contributed by atoms with Gasteiger partial charge in [-0.25, -0.2) is 28.8 Å². The number of Topliss-reactive ketones (excluding diaryl/α,β-unsaturated/α-hetero) is 2. The molecule has 0 bridgehead atoms. The van der Waals surface area contributed by atoms with E-state index >= 15 is 0 Å². The summed E-state index contributed by atoms with van der Waals surface area (Å²) in [4.78, 5) is 117. The van der Waals surface area contributed by atoms with Crippen LogP contribution in [0.5, 0.6) is 46.0 Å². The third-order valence-corrected chi connectivity index (χ3v) is 17.2. The summed E-state index contributed by atoms with van der Waals surface area (Å²) in [6.45, 7) is 18.0. The van der Waals surface area contributed by atoms with Crippen molar-refractivity contribution in [1.29, 1.82) is 0 Å². The number of hydrogen-bond donors (Lipinski definition) is 1. The number of rotatable bonds is 38. The normalized spacial score (nSPS) is 14.2. The zero-order valence-corrected chi connectivity index (χ0v) is 64.9. The zero-order chi connectivity index (χ0) is 81.8. The van der Waals surface area contributed by atoms with E-state index in [1.165, 1.54) is 20.3 Å². The van der Waals surface area contributed by atoms with Crippen LogP contribution in [0.3, 0.4) is 0 Å². The Bertz CT molecular complexity index is 3820. The van der Waals surface area contributed by atoms with Gasteiger partial charge in [0.1, 0.15) is 51.8 Å². The molecule has 2 saturated carbocycles. The van der Waals surface area contributed by atoms with Gasteiger partial charge in [0.05, 0.1) is 90.2 Å². The Hall–Kier alpha value is -12.2. The molecule has 8 rings (SSSR count). The molecule has 602 valence electrons. The molecule has 6 aromatic rings. The van der Waals surface area contributed by atoms with Gasteiger partial charge >= 0.3 is 47.8 Å². The minimum absolute atomic E-state index is 0.0290. The van der Waals surface area contributed by atoms with Crippen molar-refractivity contribution in [3.05, 3.63) is 207 Å². The summed E-state index contributed by atoms with van der Waals surface area (Å²) in [5.41, 5.74) is 2.25. The predicted octanol–water partition coefficient (Wildman–Crippen LogP) is 14.8. The van der Waals surface area contributed by atoms with Crippen LogP contribution in [0, 0.1) is 23.7 Å². The summed E-state index contributed by atoms with van der Waals surface area (Å²) in [6, 6.07) is 42.6. The quantitative estimate of drug-likeness (QED) is 0.00940. The van der Waals surface area contributed by atoms with Crippen LogP contribution in [0.15, 0.2) is 196 Å². The first-order chi connectivity index (χ1) is 54.1. The van der Waals surface area contributed by atoms with Gasteiger partial charge in [0.2, 0.25) is 13.6 Å². The Labute approximate surface area is 655 Å². The standard InChI is InChI=1S/C32H40N2O6.C16H22O4.C14H18O4.2C12H12O5/c1-21(35)23-9-13-25(14-10-23)31(37)39-28-17-18-30(40-32(38)26-15-11-24(12-16-26)22(2)36)29(19-28)33-20-34(3)27-7-5-4-6-8-27;1-3-16(17)20-13-7-5-4-6-12-19-15-10-8-14(18-2)9-11-15;1-3-14(15)18-11-5-4-10-17-13-8-6-12(16-2)7-9-13;2*1-3-11(13)16-8-17-12(14)9-4-6-10(15-2)7-5-9/h4-8,17-19,23-26,33H,9-16,20H2,1-3H3;3,8-11H,1,4-7,12-13H2,2H3;3,6-9H,1,4-5,10-11H2,2H3;2*3-7H,1,8H2,2H3. The molecule has 2 aliphatic carbocycles. The maximum atomic E-state index is 13.0. The Morgan fingerprint density at radius 2 is 0.714 bits per heavy atom. The summed E-state index contributed by atoms with van der Waals surface area (Å²) in [7, 11) is 8.27. The SMILES string of the molecule is C=CC(=O)OCCCCCCOc1ccc(OC)cc1.C=CC(=O)OCCCCOc1ccc(OC)cc1.C=CC(=O)OCOC(=O)c1ccc(OC)cc1.C=CC(=O)OCOC(=O)c1ccc(OC)cc1.CC(=O)C1CCC(C(=O)Oc2ccc(OC(=O)C3CCC(C(C)=O)CC3)c(NCN(C)c3ccccc3)c2)CC1. The van der Waals surface area contributed by atoms with Crippen molar-refractivity contribution in [2.45, 2.75) is 104 Å². The molecule has 2 fully saturated rings. The Morgan fingerprint density at radius 1 is 0.384 bits per heavy atom. The third kappa shape index (κ3) is 36.8. The van der Waals surface area contributed by atoms with Gasteiger partial charge in [-0.2, -0.15) is 0 Å². The Kier molecular flexibility index (Phi) is 44.1. The van der Waals surface area contributed by atoms with Crippen molar-refractivity contribution in [3.63, 3.8) is 0 Å². The lowest BCUT2D eigenvalue weighted by atomic mass is 9.80. The number of benzene rings is 6. The van der Waals surface area contributed by atoms with Gasteiger partial charge in [-0.3, -0.25) is 19.2 Å². The van der Waals surface area contributed by atoms with E-state index in [1.807, 2.05) is 90.8 Å². The molecule has 0 aromatic heterocycles. The molecule has 0 aliphatic heterocycles. The van der Waals surface area contributed by atoms with Crippen LogP contribution in [0.25, 0.3) is 0 Å². The lowest BCUT2D eigenvalue weighted by molar-refractivity contribution is -0.147. The van der Waals surface area contributed by atoms with Gasteiger partial charge in [-0.15, -0.1) is 0 Å². The molecule has 2 aliphatic rings. The summed E-state index contributed by atoms with van der Waals surface area (Å²) >= 11 is 0. The third-order valence-electron chi connectivity index (χ3n) is 17.2. The van der Waals surface area contributed by atoms with Crippen molar-refractivity contribution in [1.82, 2.24) is 0 Å². The molecule has 26 heteroatoms. The molecule has 0 atom stereocenters. The first-order valence-electron chi connectivity index (χ1n) is 36.5. The number of ether oxygens (including phenoxy) is 14. The van der Waals surface area contributed by atoms with E-state index in [4.69, 9.17) is 56.8 Å². The van der Waals surface area contributed by atoms with E-state index in [-0.39, 0.29) is 59.1 Å². The number of carbonyl (C=O) groups is 10. The second-order valence-electron chi connectivity index (χ2n) is 25.0. The summed E-state index contributed by atoms with van der Waals surface area (Å²) < 4.78 is 70.9. The molecule has 0 saturated heterocycles. The summed E-state index contributed by atoms with van der Waals surface area (Å²) in [5, 5.41) is 3.33. The van der Waals surface area contributed by atoms with Crippen LogP contribution in [-0.4, -0.2) is 141 Å². The van der Waals surface area contributed by atoms with Crippen molar-refractivity contribution in [2.75, 3.05) is 92.4 Å².